The van der Waals surface area contributed by atoms with Crippen LogP contribution in [0.25, 0.3) is 0 Å². The van der Waals surface area contributed by atoms with E-state index in [4.69, 9.17) is 16.3 Å². The zero-order chi connectivity index (χ0) is 13.7. The summed E-state index contributed by atoms with van der Waals surface area (Å²) in [4.78, 5) is 13.0. The van der Waals surface area contributed by atoms with Gasteiger partial charge in [0.25, 0.3) is 0 Å². The highest BCUT2D eigenvalue weighted by atomic mass is 35.5. The third-order valence-corrected chi connectivity index (χ3v) is 3.79. The van der Waals surface area contributed by atoms with Gasteiger partial charge in [0, 0.05) is 16.4 Å². The zero-order valence-electron chi connectivity index (χ0n) is 10.4. The highest BCUT2D eigenvalue weighted by Crippen LogP contribution is 2.20. The third kappa shape index (κ3) is 3.80. The van der Waals surface area contributed by atoms with Gasteiger partial charge in [0.1, 0.15) is 6.04 Å². The van der Waals surface area contributed by atoms with Crippen molar-refractivity contribution >= 4 is 28.9 Å². The second-order valence-electron chi connectivity index (χ2n) is 3.97. The first-order valence-electron chi connectivity index (χ1n) is 5.80. The number of ether oxygens (including phenoxy) is 1. The average Bonchev–Trinajstić information content (AvgIpc) is 2.92. The number of carbonyl (C=O) groups excluding carboxylic acids is 1. The van der Waals surface area contributed by atoms with Crippen molar-refractivity contribution in [1.82, 2.24) is 5.32 Å². The minimum absolute atomic E-state index is 0.321. The number of nitrogens with one attached hydrogen (secondary N) is 1. The quantitative estimate of drug-likeness (QED) is 0.859. The zero-order valence-corrected chi connectivity index (χ0v) is 12.0. The summed E-state index contributed by atoms with van der Waals surface area (Å²) in [6, 6.07) is 10.7. The lowest BCUT2D eigenvalue weighted by molar-refractivity contribution is -0.143. The third-order valence-electron chi connectivity index (χ3n) is 2.68. The molecule has 100 valence electrons. The van der Waals surface area contributed by atoms with Crippen LogP contribution in [0.1, 0.15) is 16.5 Å². The molecule has 0 bridgehead atoms. The van der Waals surface area contributed by atoms with Crippen LogP contribution in [0.3, 0.4) is 0 Å². The number of methoxy groups -OCH3 is 1. The van der Waals surface area contributed by atoms with Crippen molar-refractivity contribution in [2.75, 3.05) is 7.11 Å². The summed E-state index contributed by atoms with van der Waals surface area (Å²) in [5.41, 5.74) is 0.802. The predicted octanol–water partition coefficient (Wildman–Crippen LogP) is 3.41. The fourth-order valence-corrected chi connectivity index (χ4v) is 2.61. The maximum absolute atomic E-state index is 11.9. The summed E-state index contributed by atoms with van der Waals surface area (Å²) in [7, 11) is 1.38. The molecule has 0 amide bonds. The molecule has 1 aromatic heterocycles. The molecule has 1 N–H and O–H groups in total. The summed E-state index contributed by atoms with van der Waals surface area (Å²) < 4.78 is 4.84. The van der Waals surface area contributed by atoms with Crippen LogP contribution in [0.15, 0.2) is 41.8 Å². The monoisotopic (exact) mass is 295 g/mol. The number of rotatable bonds is 5. The van der Waals surface area contributed by atoms with Gasteiger partial charge in [-0.3, -0.25) is 5.32 Å². The number of thiophene rings is 1. The SMILES string of the molecule is COC(=O)C(NCc1cccs1)c1cccc(Cl)c1. The van der Waals surface area contributed by atoms with Gasteiger partial charge >= 0.3 is 5.97 Å². The van der Waals surface area contributed by atoms with Gasteiger partial charge in [-0.15, -0.1) is 11.3 Å². The summed E-state index contributed by atoms with van der Waals surface area (Å²) in [5.74, 6) is -0.321. The van der Waals surface area contributed by atoms with E-state index in [9.17, 15) is 4.79 Å². The van der Waals surface area contributed by atoms with Gasteiger partial charge < -0.3 is 4.74 Å². The molecule has 1 unspecified atom stereocenters. The number of carbonyl (C=O) groups is 1. The molecular weight excluding hydrogens is 282 g/mol. The Balaban J connectivity index is 2.14. The highest BCUT2D eigenvalue weighted by Gasteiger charge is 2.21. The molecule has 1 atom stereocenters. The molecule has 0 aliphatic rings. The van der Waals surface area contributed by atoms with Gasteiger partial charge in [-0.05, 0) is 29.1 Å². The molecule has 5 heteroatoms. The number of hydrogen-bond acceptors (Lipinski definition) is 4. The molecule has 0 aliphatic heterocycles. The summed E-state index contributed by atoms with van der Waals surface area (Å²) in [6.07, 6.45) is 0. The molecule has 0 saturated heterocycles. The second-order valence-corrected chi connectivity index (χ2v) is 5.44. The number of hydrogen-bond donors (Lipinski definition) is 1. The van der Waals surface area contributed by atoms with Crippen LogP contribution in [-0.2, 0) is 16.1 Å². The Bertz CT molecular complexity index is 542. The fraction of sp³-hybridized carbons (Fsp3) is 0.214. The van der Waals surface area contributed by atoms with Crippen molar-refractivity contribution in [2.24, 2.45) is 0 Å². The van der Waals surface area contributed by atoms with E-state index in [1.54, 1.807) is 23.5 Å². The largest absolute Gasteiger partial charge is 0.468 e. The van der Waals surface area contributed by atoms with E-state index in [0.29, 0.717) is 11.6 Å². The van der Waals surface area contributed by atoms with E-state index in [0.717, 1.165) is 10.4 Å². The lowest BCUT2D eigenvalue weighted by Gasteiger charge is -2.16. The van der Waals surface area contributed by atoms with Gasteiger partial charge in [-0.25, -0.2) is 4.79 Å². The topological polar surface area (TPSA) is 38.3 Å². The summed E-state index contributed by atoms with van der Waals surface area (Å²) >= 11 is 7.60. The molecule has 1 heterocycles. The first-order chi connectivity index (χ1) is 9.20. The first-order valence-corrected chi connectivity index (χ1v) is 7.05. The Labute approximate surface area is 121 Å². The predicted molar refractivity (Wildman–Crippen MR) is 77.4 cm³/mol. The van der Waals surface area contributed by atoms with Crippen molar-refractivity contribution in [3.8, 4) is 0 Å². The molecule has 3 nitrogen and oxygen atoms in total. The highest BCUT2D eigenvalue weighted by molar-refractivity contribution is 7.09. The smallest absolute Gasteiger partial charge is 0.327 e. The van der Waals surface area contributed by atoms with Crippen molar-refractivity contribution in [3.05, 3.63) is 57.2 Å². The van der Waals surface area contributed by atoms with Crippen molar-refractivity contribution < 1.29 is 9.53 Å². The van der Waals surface area contributed by atoms with E-state index < -0.39 is 6.04 Å². The van der Waals surface area contributed by atoms with Gasteiger partial charge in [-0.1, -0.05) is 29.8 Å². The van der Waals surface area contributed by atoms with Crippen molar-refractivity contribution in [3.63, 3.8) is 0 Å². The number of esters is 1. The Morgan fingerprint density at radius 2 is 2.26 bits per heavy atom. The van der Waals surface area contributed by atoms with Gasteiger partial charge in [0.05, 0.1) is 7.11 Å². The lowest BCUT2D eigenvalue weighted by Crippen LogP contribution is -2.29. The lowest BCUT2D eigenvalue weighted by atomic mass is 10.1. The minimum Gasteiger partial charge on any atom is -0.468 e. The molecule has 0 radical (unpaired) electrons. The Morgan fingerprint density at radius 1 is 1.42 bits per heavy atom. The molecule has 0 aliphatic carbocycles. The molecular formula is C14H14ClNO2S. The average molecular weight is 296 g/mol. The minimum atomic E-state index is -0.509. The summed E-state index contributed by atoms with van der Waals surface area (Å²) in [5, 5.41) is 5.80. The van der Waals surface area contributed by atoms with Crippen LogP contribution in [0.4, 0.5) is 0 Å². The number of halogens is 1. The fourth-order valence-electron chi connectivity index (χ4n) is 1.76. The van der Waals surface area contributed by atoms with Gasteiger partial charge in [-0.2, -0.15) is 0 Å². The van der Waals surface area contributed by atoms with E-state index in [1.165, 1.54) is 7.11 Å². The van der Waals surface area contributed by atoms with E-state index in [1.807, 2.05) is 29.6 Å². The van der Waals surface area contributed by atoms with Crippen LogP contribution < -0.4 is 5.32 Å². The Morgan fingerprint density at radius 3 is 2.89 bits per heavy atom. The molecule has 1 aromatic carbocycles. The molecule has 2 rings (SSSR count). The number of benzene rings is 1. The second kappa shape index (κ2) is 6.70. The van der Waals surface area contributed by atoms with Crippen LogP contribution in [0, 0.1) is 0 Å². The maximum atomic E-state index is 11.9. The normalized spacial score (nSPS) is 12.1. The van der Waals surface area contributed by atoms with E-state index in [2.05, 4.69) is 5.32 Å². The molecule has 0 saturated carbocycles. The van der Waals surface area contributed by atoms with Crippen molar-refractivity contribution in [1.29, 1.82) is 0 Å². The van der Waals surface area contributed by atoms with Crippen LogP contribution in [-0.4, -0.2) is 13.1 Å². The first kappa shape index (κ1) is 14.1. The standard InChI is InChI=1S/C14H14ClNO2S/c1-18-14(17)13(10-4-2-5-11(15)8-10)16-9-12-6-3-7-19-12/h2-8,13,16H,9H2,1H3. The Hall–Kier alpha value is -1.36. The van der Waals surface area contributed by atoms with Crippen LogP contribution >= 0.6 is 22.9 Å². The Kier molecular flexibility index (Phi) is 4.96. The molecule has 19 heavy (non-hydrogen) atoms. The van der Waals surface area contributed by atoms with E-state index >= 15 is 0 Å². The maximum Gasteiger partial charge on any atom is 0.327 e. The molecule has 0 fully saturated rings. The van der Waals surface area contributed by atoms with Gasteiger partial charge in [0.15, 0.2) is 0 Å². The van der Waals surface area contributed by atoms with Gasteiger partial charge in [0.2, 0.25) is 0 Å². The molecule has 2 aromatic rings. The van der Waals surface area contributed by atoms with Crippen LogP contribution in [0.5, 0.6) is 0 Å². The van der Waals surface area contributed by atoms with E-state index in [-0.39, 0.29) is 5.97 Å². The summed E-state index contributed by atoms with van der Waals surface area (Å²) in [6.45, 7) is 0.615. The van der Waals surface area contributed by atoms with Crippen LogP contribution in [0.2, 0.25) is 5.02 Å². The molecule has 0 spiro atoms. The van der Waals surface area contributed by atoms with Crippen molar-refractivity contribution in [2.45, 2.75) is 12.6 Å².